The van der Waals surface area contributed by atoms with Gasteiger partial charge in [-0.25, -0.2) is 8.78 Å². The van der Waals surface area contributed by atoms with Crippen LogP contribution in [0.3, 0.4) is 0 Å². The van der Waals surface area contributed by atoms with Gasteiger partial charge in [-0.15, -0.1) is 10.2 Å². The summed E-state index contributed by atoms with van der Waals surface area (Å²) in [7, 11) is 3.74. The van der Waals surface area contributed by atoms with Crippen molar-refractivity contribution < 1.29 is 18.3 Å². The third kappa shape index (κ3) is 6.89. The first-order valence-electron chi connectivity index (χ1n) is 15.8. The first kappa shape index (κ1) is 31.5. The van der Waals surface area contributed by atoms with Crippen LogP contribution in [0.5, 0.6) is 0 Å². The summed E-state index contributed by atoms with van der Waals surface area (Å²) in [5, 5.41) is 11.7. The Balaban J connectivity index is 1.19. The van der Waals surface area contributed by atoms with E-state index in [1.54, 1.807) is 29.7 Å². The lowest BCUT2D eigenvalue weighted by molar-refractivity contribution is -0.114. The second kappa shape index (κ2) is 13.1. The number of piperazine rings is 1. The maximum absolute atomic E-state index is 15.2. The second-order valence-electron chi connectivity index (χ2n) is 12.9. The number of benzene rings is 1. The van der Waals surface area contributed by atoms with Crippen molar-refractivity contribution in [2.24, 2.45) is 7.05 Å². The summed E-state index contributed by atoms with van der Waals surface area (Å²) in [6.07, 6.45) is 9.99. The van der Waals surface area contributed by atoms with E-state index in [9.17, 15) is 4.79 Å². The molecule has 12 heteroatoms. The standard InChI is InChI=1S/C33H44F2N8O2/c1-32(34,35)29-15-25(18-41-11-7-27(8-12-41)42-13-9-36-10-14-42)19-43(24-44)30(29)20-39(2)28-6-4-5-26(16-28)33(21-45-22-33)17-31-38-37-23-40(31)3/h4-6,15-16,19-20,23-24,27,36H,7-14,17-18,21-22H2,1-3H3/b30-20-. The van der Waals surface area contributed by atoms with Crippen molar-refractivity contribution in [2.75, 3.05) is 71.0 Å². The van der Waals surface area contributed by atoms with Crippen LogP contribution in [0.15, 0.2) is 65.9 Å². The predicted molar refractivity (Wildman–Crippen MR) is 169 cm³/mol. The SMILES string of the molecule is CN(/C=C1/C(C(C)(F)F)=CC(CN2CCC(N3CCNCC3)CC2)=CN1C=O)c1cccc(C2(Cc3nncn3C)COC2)c1. The number of carbonyl (C=O) groups excluding carboxylic acids is 1. The number of aryl methyl sites for hydroxylation is 1. The lowest BCUT2D eigenvalue weighted by Crippen LogP contribution is -2.52. The summed E-state index contributed by atoms with van der Waals surface area (Å²) in [5.74, 6) is -2.27. The van der Waals surface area contributed by atoms with Crippen LogP contribution in [0.1, 0.15) is 31.2 Å². The molecule has 1 N–H and O–H groups in total. The lowest BCUT2D eigenvalue weighted by atomic mass is 9.75. The Morgan fingerprint density at radius 3 is 2.56 bits per heavy atom. The van der Waals surface area contributed by atoms with Crippen LogP contribution in [0, 0.1) is 0 Å². The minimum Gasteiger partial charge on any atom is -0.379 e. The average Bonchev–Trinajstić information content (AvgIpc) is 3.43. The molecule has 4 aliphatic heterocycles. The van der Waals surface area contributed by atoms with Crippen LogP contribution >= 0.6 is 0 Å². The van der Waals surface area contributed by atoms with Gasteiger partial charge < -0.3 is 19.5 Å². The first-order valence-corrected chi connectivity index (χ1v) is 15.8. The molecular formula is C33H44F2N8O2. The van der Waals surface area contributed by atoms with E-state index in [0.717, 1.165) is 76.1 Å². The molecule has 1 aromatic heterocycles. The summed E-state index contributed by atoms with van der Waals surface area (Å²) in [6, 6.07) is 8.59. The number of anilines is 1. The van der Waals surface area contributed by atoms with Crippen molar-refractivity contribution in [2.45, 2.75) is 43.6 Å². The molecule has 5 heterocycles. The smallest absolute Gasteiger partial charge is 0.272 e. The van der Waals surface area contributed by atoms with Gasteiger partial charge in [-0.05, 0) is 55.3 Å². The van der Waals surface area contributed by atoms with Gasteiger partial charge in [0.1, 0.15) is 12.2 Å². The molecule has 1 aromatic carbocycles. The van der Waals surface area contributed by atoms with Gasteiger partial charge in [0, 0.05) is 95.3 Å². The summed E-state index contributed by atoms with van der Waals surface area (Å²) < 4.78 is 37.9. The van der Waals surface area contributed by atoms with E-state index in [2.05, 4.69) is 37.4 Å². The van der Waals surface area contributed by atoms with E-state index in [1.165, 1.54) is 4.90 Å². The van der Waals surface area contributed by atoms with Crippen molar-refractivity contribution in [1.29, 1.82) is 0 Å². The minimum absolute atomic E-state index is 0.160. The maximum atomic E-state index is 15.2. The summed E-state index contributed by atoms with van der Waals surface area (Å²) in [4.78, 5) is 20.3. The Hall–Kier alpha value is -3.45. The molecule has 0 saturated carbocycles. The Bertz CT molecular complexity index is 1450. The van der Waals surface area contributed by atoms with Crippen LogP contribution in [0.2, 0.25) is 0 Å². The van der Waals surface area contributed by atoms with Gasteiger partial charge in [-0.2, -0.15) is 0 Å². The zero-order valence-corrected chi connectivity index (χ0v) is 26.5. The topological polar surface area (TPSA) is 82.0 Å². The maximum Gasteiger partial charge on any atom is 0.272 e. The lowest BCUT2D eigenvalue weighted by Gasteiger charge is -2.42. The second-order valence-corrected chi connectivity index (χ2v) is 12.9. The number of alkyl halides is 2. The predicted octanol–water partition coefficient (Wildman–Crippen LogP) is 2.91. The third-order valence-corrected chi connectivity index (χ3v) is 9.65. The van der Waals surface area contributed by atoms with Gasteiger partial charge in [-0.1, -0.05) is 12.1 Å². The van der Waals surface area contributed by atoms with E-state index in [-0.39, 0.29) is 16.7 Å². The number of nitrogens with one attached hydrogen (secondary N) is 1. The number of hydrogen-bond donors (Lipinski definition) is 1. The molecule has 242 valence electrons. The van der Waals surface area contributed by atoms with Gasteiger partial charge in [0.25, 0.3) is 5.92 Å². The number of aromatic nitrogens is 3. The Morgan fingerprint density at radius 1 is 1.18 bits per heavy atom. The fourth-order valence-electron chi connectivity index (χ4n) is 6.90. The number of halogens is 2. The van der Waals surface area contributed by atoms with Gasteiger partial charge >= 0.3 is 0 Å². The van der Waals surface area contributed by atoms with Crippen molar-refractivity contribution in [1.82, 2.24) is 34.8 Å². The number of carbonyl (C=O) groups is 1. The van der Waals surface area contributed by atoms with Crippen molar-refractivity contribution >= 4 is 12.1 Å². The first-order chi connectivity index (χ1) is 21.6. The number of amides is 1. The number of hydrogen-bond acceptors (Lipinski definition) is 8. The monoisotopic (exact) mass is 622 g/mol. The van der Waals surface area contributed by atoms with Gasteiger partial charge in [0.05, 0.1) is 18.9 Å². The summed E-state index contributed by atoms with van der Waals surface area (Å²) in [5.41, 5.74) is 2.34. The summed E-state index contributed by atoms with van der Waals surface area (Å²) in [6.45, 7) is 8.57. The molecule has 10 nitrogen and oxygen atoms in total. The van der Waals surface area contributed by atoms with E-state index in [1.807, 2.05) is 30.8 Å². The Kier molecular flexibility index (Phi) is 9.19. The van der Waals surface area contributed by atoms with Crippen LogP contribution in [-0.2, 0) is 28.4 Å². The van der Waals surface area contributed by atoms with Crippen LogP contribution in [0.25, 0.3) is 0 Å². The number of ether oxygens (including phenoxy) is 1. The fraction of sp³-hybridized carbons (Fsp3) is 0.545. The highest BCUT2D eigenvalue weighted by molar-refractivity contribution is 5.63. The van der Waals surface area contributed by atoms with E-state index in [0.29, 0.717) is 44.2 Å². The molecule has 4 aliphatic rings. The molecule has 3 saturated heterocycles. The number of allylic oxidation sites excluding steroid dienone is 1. The Morgan fingerprint density at radius 2 is 1.93 bits per heavy atom. The minimum atomic E-state index is -3.14. The number of nitrogens with zero attached hydrogens (tertiary/aromatic N) is 7. The molecule has 0 unspecified atom stereocenters. The molecule has 0 bridgehead atoms. The molecule has 1 amide bonds. The zero-order valence-electron chi connectivity index (χ0n) is 26.5. The zero-order chi connectivity index (χ0) is 31.6. The number of rotatable bonds is 10. The van der Waals surface area contributed by atoms with E-state index >= 15 is 8.78 Å². The van der Waals surface area contributed by atoms with Crippen molar-refractivity contribution in [3.05, 3.63) is 77.3 Å². The Labute approximate surface area is 264 Å². The fourth-order valence-corrected chi connectivity index (χ4v) is 6.90. The van der Waals surface area contributed by atoms with Crippen LogP contribution in [0.4, 0.5) is 14.5 Å². The largest absolute Gasteiger partial charge is 0.379 e. The van der Waals surface area contributed by atoms with E-state index < -0.39 is 5.92 Å². The normalized spacial score (nSPS) is 22.6. The van der Waals surface area contributed by atoms with Gasteiger partial charge in [0.15, 0.2) is 0 Å². The molecule has 45 heavy (non-hydrogen) atoms. The van der Waals surface area contributed by atoms with Gasteiger partial charge in [0.2, 0.25) is 6.41 Å². The molecule has 0 aliphatic carbocycles. The van der Waals surface area contributed by atoms with Crippen LogP contribution in [-0.4, -0.2) is 114 Å². The third-order valence-electron chi connectivity index (χ3n) is 9.65. The highest BCUT2D eigenvalue weighted by Gasteiger charge is 2.42. The average molecular weight is 623 g/mol. The molecule has 6 rings (SSSR count). The van der Waals surface area contributed by atoms with Crippen molar-refractivity contribution in [3.8, 4) is 0 Å². The van der Waals surface area contributed by atoms with Crippen molar-refractivity contribution in [3.63, 3.8) is 0 Å². The molecule has 0 atom stereocenters. The number of likely N-dealkylation sites (tertiary alicyclic amines) is 1. The molecule has 0 radical (unpaired) electrons. The molecule has 2 aromatic rings. The molecular weight excluding hydrogens is 578 g/mol. The quantitative estimate of drug-likeness (QED) is 0.406. The van der Waals surface area contributed by atoms with Crippen LogP contribution < -0.4 is 10.2 Å². The van der Waals surface area contributed by atoms with Gasteiger partial charge in [-0.3, -0.25) is 19.5 Å². The highest BCUT2D eigenvalue weighted by Crippen LogP contribution is 2.39. The summed E-state index contributed by atoms with van der Waals surface area (Å²) >= 11 is 0. The highest BCUT2D eigenvalue weighted by atomic mass is 19.3. The number of piperidine rings is 1. The van der Waals surface area contributed by atoms with E-state index in [4.69, 9.17) is 4.74 Å². The molecule has 0 spiro atoms. The molecule has 3 fully saturated rings.